The van der Waals surface area contributed by atoms with Gasteiger partial charge in [-0.25, -0.2) is 4.90 Å². The summed E-state index contributed by atoms with van der Waals surface area (Å²) in [6.07, 6.45) is 2.51. The Bertz CT molecular complexity index is 2070. The number of non-ortho nitro benzene ring substituents is 2. The van der Waals surface area contributed by atoms with E-state index in [0.29, 0.717) is 41.8 Å². The summed E-state index contributed by atoms with van der Waals surface area (Å²) in [6, 6.07) is 23.0. The monoisotopic (exact) mass is 677 g/mol. The lowest BCUT2D eigenvalue weighted by Gasteiger charge is -2.21. The van der Waals surface area contributed by atoms with E-state index in [-0.39, 0.29) is 23.6 Å². The van der Waals surface area contributed by atoms with Crippen molar-refractivity contribution in [1.82, 2.24) is 10.3 Å². The quantitative estimate of drug-likeness (QED) is 0.0901. The SMILES string of the molecule is COc1ccc(CCC(=O)NCCc2ccc(N(C(=O)c3cc([N+](=O)[O-])cc([N+](=O)[O-])c3)C(=O)c3cnc4ccccc4c3)cc2)cc1OC. The Morgan fingerprint density at radius 1 is 0.740 bits per heavy atom. The fourth-order valence-corrected chi connectivity index (χ4v) is 5.24. The van der Waals surface area contributed by atoms with Crippen LogP contribution in [-0.4, -0.2) is 53.3 Å². The van der Waals surface area contributed by atoms with Gasteiger partial charge < -0.3 is 14.8 Å². The first-order chi connectivity index (χ1) is 24.1. The van der Waals surface area contributed by atoms with Gasteiger partial charge in [0.1, 0.15) is 0 Å². The molecule has 0 radical (unpaired) electrons. The number of carbonyl (C=O) groups is 3. The molecule has 0 saturated heterocycles. The van der Waals surface area contributed by atoms with Crippen molar-refractivity contribution in [2.24, 2.45) is 0 Å². The van der Waals surface area contributed by atoms with Crippen molar-refractivity contribution >= 4 is 45.7 Å². The van der Waals surface area contributed by atoms with Gasteiger partial charge in [0, 0.05) is 36.7 Å². The topological polar surface area (TPSA) is 184 Å². The molecule has 0 unspecified atom stereocenters. The van der Waals surface area contributed by atoms with E-state index in [1.807, 2.05) is 12.1 Å². The lowest BCUT2D eigenvalue weighted by Crippen LogP contribution is -2.37. The molecule has 1 N–H and O–H groups in total. The number of aryl methyl sites for hydroxylation is 1. The van der Waals surface area contributed by atoms with Crippen LogP contribution >= 0.6 is 0 Å². The zero-order valence-electron chi connectivity index (χ0n) is 27.0. The van der Waals surface area contributed by atoms with Gasteiger partial charge in [-0.15, -0.1) is 0 Å². The van der Waals surface area contributed by atoms with Crippen molar-refractivity contribution in [3.05, 3.63) is 140 Å². The molecule has 0 saturated carbocycles. The Balaban J connectivity index is 1.33. The van der Waals surface area contributed by atoms with Crippen LogP contribution in [0.4, 0.5) is 17.1 Å². The maximum absolute atomic E-state index is 13.9. The summed E-state index contributed by atoms with van der Waals surface area (Å²) in [4.78, 5) is 66.8. The molecule has 0 aliphatic heterocycles. The van der Waals surface area contributed by atoms with E-state index in [4.69, 9.17) is 9.47 Å². The number of amides is 3. The summed E-state index contributed by atoms with van der Waals surface area (Å²) in [7, 11) is 3.09. The average molecular weight is 678 g/mol. The van der Waals surface area contributed by atoms with Crippen molar-refractivity contribution in [2.75, 3.05) is 25.7 Å². The molecule has 3 amide bonds. The number of hydrogen-bond donors (Lipinski definition) is 1. The van der Waals surface area contributed by atoms with Crippen LogP contribution in [0.25, 0.3) is 10.9 Å². The van der Waals surface area contributed by atoms with E-state index in [9.17, 15) is 34.6 Å². The predicted octanol–water partition coefficient (Wildman–Crippen LogP) is 5.85. The summed E-state index contributed by atoms with van der Waals surface area (Å²) in [5, 5.41) is 26.6. The highest BCUT2D eigenvalue weighted by Crippen LogP contribution is 2.29. The number of nitrogens with one attached hydrogen (secondary N) is 1. The molecular formula is C36H31N5O9. The zero-order chi connectivity index (χ0) is 35.8. The fourth-order valence-electron chi connectivity index (χ4n) is 5.24. The maximum atomic E-state index is 13.9. The number of carbonyl (C=O) groups excluding carboxylic acids is 3. The second-order valence-electron chi connectivity index (χ2n) is 11.1. The number of methoxy groups -OCH3 is 2. The normalized spacial score (nSPS) is 10.7. The largest absolute Gasteiger partial charge is 0.493 e. The summed E-state index contributed by atoms with van der Waals surface area (Å²) in [5.41, 5.74) is 0.712. The van der Waals surface area contributed by atoms with E-state index >= 15 is 0 Å². The molecule has 5 aromatic rings. The number of aromatic nitrogens is 1. The minimum Gasteiger partial charge on any atom is -0.493 e. The highest BCUT2D eigenvalue weighted by Gasteiger charge is 2.29. The number of nitrogens with zero attached hydrogens (tertiary/aromatic N) is 4. The van der Waals surface area contributed by atoms with E-state index in [1.165, 1.54) is 18.3 Å². The minimum absolute atomic E-state index is 0.0526. The van der Waals surface area contributed by atoms with Crippen molar-refractivity contribution in [3.63, 3.8) is 0 Å². The first-order valence-corrected chi connectivity index (χ1v) is 15.3. The molecule has 0 fully saturated rings. The Kier molecular flexibility index (Phi) is 10.7. The van der Waals surface area contributed by atoms with E-state index in [0.717, 1.165) is 34.2 Å². The molecular weight excluding hydrogens is 646 g/mol. The van der Waals surface area contributed by atoms with Crippen molar-refractivity contribution in [1.29, 1.82) is 0 Å². The Hall–Kier alpha value is -6.70. The molecule has 254 valence electrons. The molecule has 0 aliphatic rings. The number of anilines is 1. The van der Waals surface area contributed by atoms with Gasteiger partial charge in [0.05, 0.1) is 52.5 Å². The van der Waals surface area contributed by atoms with Crippen molar-refractivity contribution in [3.8, 4) is 11.5 Å². The highest BCUT2D eigenvalue weighted by atomic mass is 16.6. The molecule has 4 aromatic carbocycles. The van der Waals surface area contributed by atoms with Crippen LogP contribution in [0.5, 0.6) is 11.5 Å². The molecule has 1 heterocycles. The summed E-state index contributed by atoms with van der Waals surface area (Å²) in [5.74, 6) is -0.770. The Morgan fingerprint density at radius 3 is 2.04 bits per heavy atom. The van der Waals surface area contributed by atoms with Gasteiger partial charge in [0.25, 0.3) is 23.2 Å². The van der Waals surface area contributed by atoms with Crippen LogP contribution in [0.3, 0.4) is 0 Å². The fraction of sp³-hybridized carbons (Fsp3) is 0.167. The molecule has 14 nitrogen and oxygen atoms in total. The highest BCUT2D eigenvalue weighted by molar-refractivity contribution is 6.26. The second kappa shape index (κ2) is 15.5. The number of nitro groups is 2. The molecule has 50 heavy (non-hydrogen) atoms. The molecule has 5 rings (SSSR count). The molecule has 1 aromatic heterocycles. The summed E-state index contributed by atoms with van der Waals surface area (Å²) >= 11 is 0. The number of pyridine rings is 1. The number of nitro benzene ring substituents is 2. The van der Waals surface area contributed by atoms with Crippen molar-refractivity contribution in [2.45, 2.75) is 19.3 Å². The number of fused-ring (bicyclic) bond motifs is 1. The van der Waals surface area contributed by atoms with Gasteiger partial charge in [0.15, 0.2) is 11.5 Å². The third-order valence-electron chi connectivity index (χ3n) is 7.83. The van der Waals surface area contributed by atoms with Gasteiger partial charge in [-0.2, -0.15) is 0 Å². The lowest BCUT2D eigenvalue weighted by atomic mass is 10.1. The average Bonchev–Trinajstić information content (AvgIpc) is 3.13. The first-order valence-electron chi connectivity index (χ1n) is 15.3. The zero-order valence-corrected chi connectivity index (χ0v) is 27.0. The van der Waals surface area contributed by atoms with Crippen molar-refractivity contribution < 1.29 is 33.7 Å². The lowest BCUT2D eigenvalue weighted by molar-refractivity contribution is -0.394. The van der Waals surface area contributed by atoms with Crippen LogP contribution in [0, 0.1) is 20.2 Å². The second-order valence-corrected chi connectivity index (χ2v) is 11.1. The molecule has 0 bridgehead atoms. The van der Waals surface area contributed by atoms with Gasteiger partial charge in [0.2, 0.25) is 5.91 Å². The minimum atomic E-state index is -1.01. The first kappa shape index (κ1) is 34.6. The van der Waals surface area contributed by atoms with Crippen LogP contribution in [0.15, 0.2) is 97.2 Å². The summed E-state index contributed by atoms with van der Waals surface area (Å²) in [6.45, 7) is 0.325. The van der Waals surface area contributed by atoms with Crippen LogP contribution in [-0.2, 0) is 17.6 Å². The number of hydrogen-bond acceptors (Lipinski definition) is 10. The maximum Gasteiger partial charge on any atom is 0.277 e. The Labute approximate surface area is 285 Å². The van der Waals surface area contributed by atoms with Crippen LogP contribution < -0.4 is 19.7 Å². The van der Waals surface area contributed by atoms with Gasteiger partial charge in [-0.3, -0.25) is 39.6 Å². The van der Waals surface area contributed by atoms with E-state index in [1.54, 1.807) is 62.8 Å². The van der Waals surface area contributed by atoms with Gasteiger partial charge >= 0.3 is 0 Å². The number of ether oxygens (including phenoxy) is 2. The summed E-state index contributed by atoms with van der Waals surface area (Å²) < 4.78 is 10.6. The number of rotatable bonds is 13. The molecule has 0 aliphatic carbocycles. The van der Waals surface area contributed by atoms with Crippen LogP contribution in [0.1, 0.15) is 38.3 Å². The number of benzene rings is 4. The van der Waals surface area contributed by atoms with E-state index in [2.05, 4.69) is 10.3 Å². The van der Waals surface area contributed by atoms with E-state index < -0.39 is 38.6 Å². The third kappa shape index (κ3) is 8.05. The molecule has 0 atom stereocenters. The smallest absolute Gasteiger partial charge is 0.277 e. The molecule has 0 spiro atoms. The third-order valence-corrected chi connectivity index (χ3v) is 7.83. The number of para-hydroxylation sites is 1. The Morgan fingerprint density at radius 2 is 1.38 bits per heavy atom. The van der Waals surface area contributed by atoms with Crippen LogP contribution in [0.2, 0.25) is 0 Å². The predicted molar refractivity (Wildman–Crippen MR) is 184 cm³/mol. The molecule has 14 heteroatoms. The standard InChI is InChI=1S/C36H31N5O9/c1-49-32-13-9-24(17-33(32)50-2)10-14-34(42)37-16-15-23-7-11-28(12-8-23)39(36(44)27-18-25-5-3-4-6-31(25)38-22-27)35(43)26-19-29(40(45)46)21-30(20-26)41(47)48/h3-9,11-13,17-22H,10,14-16H2,1-2H3,(H,37,42). The van der Waals surface area contributed by atoms with Gasteiger partial charge in [-0.1, -0.05) is 36.4 Å². The van der Waals surface area contributed by atoms with Gasteiger partial charge in [-0.05, 0) is 60.4 Å². The number of imide groups is 1.